The topological polar surface area (TPSA) is 69.0 Å². The highest BCUT2D eigenvalue weighted by atomic mass is 32.2. The van der Waals surface area contributed by atoms with Crippen molar-refractivity contribution in [3.05, 3.63) is 18.0 Å². The number of aromatic nitrogens is 3. The van der Waals surface area contributed by atoms with Crippen molar-refractivity contribution in [2.75, 3.05) is 26.0 Å². The molecule has 1 aromatic heterocycles. The van der Waals surface area contributed by atoms with Crippen LogP contribution in [0, 0.1) is 0 Å². The van der Waals surface area contributed by atoms with Gasteiger partial charge in [-0.15, -0.1) is 10.2 Å². The summed E-state index contributed by atoms with van der Waals surface area (Å²) < 4.78 is 6.93. The Morgan fingerprint density at radius 2 is 2.41 bits per heavy atom. The number of thioether (sulfide) groups is 1. The van der Waals surface area contributed by atoms with Gasteiger partial charge < -0.3 is 14.6 Å². The van der Waals surface area contributed by atoms with Gasteiger partial charge >= 0.3 is 0 Å². The minimum Gasteiger partial charge on any atom is -0.383 e. The van der Waals surface area contributed by atoms with E-state index in [0.717, 1.165) is 18.1 Å². The lowest BCUT2D eigenvalue weighted by atomic mass is 9.97. The van der Waals surface area contributed by atoms with Gasteiger partial charge in [0.1, 0.15) is 6.33 Å². The van der Waals surface area contributed by atoms with E-state index in [2.05, 4.69) is 21.6 Å². The molecular formula is C15H24N4O2S. The smallest absolute Gasteiger partial charge is 0.230 e. The van der Waals surface area contributed by atoms with Crippen LogP contribution in [0.4, 0.5) is 0 Å². The van der Waals surface area contributed by atoms with E-state index < -0.39 is 0 Å². The Bertz CT molecular complexity index is 501. The average Bonchev–Trinajstić information content (AvgIpc) is 2.99. The lowest BCUT2D eigenvalue weighted by molar-refractivity contribution is -0.118. The Morgan fingerprint density at radius 3 is 3.18 bits per heavy atom. The van der Waals surface area contributed by atoms with E-state index in [4.69, 9.17) is 4.74 Å². The predicted octanol–water partition coefficient (Wildman–Crippen LogP) is 2.02. The maximum absolute atomic E-state index is 11.9. The Hall–Kier alpha value is -1.34. The molecule has 7 heteroatoms. The number of ether oxygens (including phenoxy) is 1. The summed E-state index contributed by atoms with van der Waals surface area (Å²) in [7, 11) is 1.66. The van der Waals surface area contributed by atoms with Gasteiger partial charge in [-0.1, -0.05) is 23.4 Å². The lowest BCUT2D eigenvalue weighted by Gasteiger charge is -2.12. The van der Waals surface area contributed by atoms with Crippen LogP contribution in [0.5, 0.6) is 0 Å². The summed E-state index contributed by atoms with van der Waals surface area (Å²) in [5.74, 6) is 0.410. The molecule has 0 atom stereocenters. The summed E-state index contributed by atoms with van der Waals surface area (Å²) in [5.41, 5.74) is 1.48. The van der Waals surface area contributed by atoms with Crippen LogP contribution in [0.3, 0.4) is 0 Å². The van der Waals surface area contributed by atoms with Gasteiger partial charge in [-0.3, -0.25) is 4.79 Å². The number of methoxy groups -OCH3 is 1. The summed E-state index contributed by atoms with van der Waals surface area (Å²) in [6.45, 7) is 2.02. The first-order chi connectivity index (χ1) is 10.8. The van der Waals surface area contributed by atoms with Crippen LogP contribution in [0.15, 0.2) is 23.1 Å². The molecule has 1 amide bonds. The molecule has 0 bridgehead atoms. The molecule has 6 nitrogen and oxygen atoms in total. The SMILES string of the molecule is COCCn1cnnc1SCC(=O)NCCC1=CCCCC1. The lowest BCUT2D eigenvalue weighted by Crippen LogP contribution is -2.26. The number of hydrogen-bond acceptors (Lipinski definition) is 5. The van der Waals surface area contributed by atoms with Crippen molar-refractivity contribution in [2.24, 2.45) is 0 Å². The van der Waals surface area contributed by atoms with Gasteiger partial charge in [0.2, 0.25) is 5.91 Å². The zero-order valence-corrected chi connectivity index (χ0v) is 13.9. The molecule has 2 rings (SSSR count). The summed E-state index contributed by atoms with van der Waals surface area (Å²) in [6.07, 6.45) is 9.92. The van der Waals surface area contributed by atoms with Crippen LogP contribution in [0.1, 0.15) is 32.1 Å². The summed E-state index contributed by atoms with van der Waals surface area (Å²) >= 11 is 1.41. The maximum Gasteiger partial charge on any atom is 0.230 e. The molecule has 1 aliphatic carbocycles. The van der Waals surface area contributed by atoms with Crippen molar-refractivity contribution in [1.29, 1.82) is 0 Å². The first-order valence-electron chi connectivity index (χ1n) is 7.73. The molecule has 0 fully saturated rings. The zero-order chi connectivity index (χ0) is 15.6. The second-order valence-corrected chi connectivity index (χ2v) is 6.24. The van der Waals surface area contributed by atoms with Crippen LogP contribution in [-0.4, -0.2) is 46.7 Å². The van der Waals surface area contributed by atoms with Crippen LogP contribution >= 0.6 is 11.8 Å². The van der Waals surface area contributed by atoms with Crippen LogP contribution in [0.25, 0.3) is 0 Å². The van der Waals surface area contributed by atoms with Gasteiger partial charge in [0.25, 0.3) is 0 Å². The molecule has 0 aliphatic heterocycles. The third-order valence-electron chi connectivity index (χ3n) is 3.60. The number of nitrogens with one attached hydrogen (secondary N) is 1. The fourth-order valence-corrected chi connectivity index (χ4v) is 3.15. The quantitative estimate of drug-likeness (QED) is 0.556. The molecule has 22 heavy (non-hydrogen) atoms. The Morgan fingerprint density at radius 1 is 1.50 bits per heavy atom. The third-order valence-corrected chi connectivity index (χ3v) is 4.58. The first-order valence-corrected chi connectivity index (χ1v) is 8.72. The Balaban J connectivity index is 1.65. The van der Waals surface area contributed by atoms with Gasteiger partial charge in [0.05, 0.1) is 12.4 Å². The molecule has 0 unspecified atom stereocenters. The van der Waals surface area contributed by atoms with Gasteiger partial charge in [-0.25, -0.2) is 0 Å². The van der Waals surface area contributed by atoms with E-state index in [9.17, 15) is 4.79 Å². The van der Waals surface area contributed by atoms with Crippen molar-refractivity contribution < 1.29 is 9.53 Å². The van der Waals surface area contributed by atoms with E-state index >= 15 is 0 Å². The zero-order valence-electron chi connectivity index (χ0n) is 13.1. The van der Waals surface area contributed by atoms with Crippen molar-refractivity contribution in [2.45, 2.75) is 43.8 Å². The molecule has 1 aromatic rings. The van der Waals surface area contributed by atoms with Gasteiger partial charge in [0, 0.05) is 20.2 Å². The third kappa shape index (κ3) is 5.81. The molecule has 0 spiro atoms. The fourth-order valence-electron chi connectivity index (χ4n) is 2.37. The number of rotatable bonds is 9. The van der Waals surface area contributed by atoms with Crippen molar-refractivity contribution in [1.82, 2.24) is 20.1 Å². The number of allylic oxidation sites excluding steroid dienone is 1. The number of carbonyl (C=O) groups is 1. The standard InChI is InChI=1S/C15H24N4O2S/c1-21-10-9-19-12-17-18-15(19)22-11-14(20)16-8-7-13-5-3-2-4-6-13/h5,12H,2-4,6-11H2,1H3,(H,16,20). The van der Waals surface area contributed by atoms with E-state index in [-0.39, 0.29) is 5.91 Å². The van der Waals surface area contributed by atoms with Crippen molar-refractivity contribution in [3.63, 3.8) is 0 Å². The number of carbonyl (C=O) groups excluding carboxylic acids is 1. The summed E-state index contributed by atoms with van der Waals surface area (Å²) in [6, 6.07) is 0. The largest absolute Gasteiger partial charge is 0.383 e. The second kappa shape index (κ2) is 9.63. The van der Waals surface area contributed by atoms with Gasteiger partial charge in [-0.05, 0) is 32.1 Å². The highest BCUT2D eigenvalue weighted by Gasteiger charge is 2.09. The minimum atomic E-state index is 0.0442. The molecular weight excluding hydrogens is 300 g/mol. The monoisotopic (exact) mass is 324 g/mol. The Labute approximate surface area is 135 Å². The highest BCUT2D eigenvalue weighted by Crippen LogP contribution is 2.19. The average molecular weight is 324 g/mol. The van der Waals surface area contributed by atoms with E-state index in [1.54, 1.807) is 13.4 Å². The molecule has 1 heterocycles. The fraction of sp³-hybridized carbons (Fsp3) is 0.667. The predicted molar refractivity (Wildman–Crippen MR) is 86.8 cm³/mol. The molecule has 1 N–H and O–H groups in total. The summed E-state index contributed by atoms with van der Waals surface area (Å²) in [4.78, 5) is 11.9. The molecule has 0 saturated heterocycles. The highest BCUT2D eigenvalue weighted by molar-refractivity contribution is 7.99. The molecule has 1 aliphatic rings. The molecule has 0 radical (unpaired) electrons. The molecule has 0 aromatic carbocycles. The van der Waals surface area contributed by atoms with Crippen LogP contribution in [0.2, 0.25) is 0 Å². The minimum absolute atomic E-state index is 0.0442. The first kappa shape index (κ1) is 17.0. The molecule has 122 valence electrons. The normalized spacial score (nSPS) is 14.7. The van der Waals surface area contributed by atoms with Gasteiger partial charge in [-0.2, -0.15) is 0 Å². The van der Waals surface area contributed by atoms with E-state index in [1.165, 1.54) is 43.0 Å². The van der Waals surface area contributed by atoms with Crippen molar-refractivity contribution in [3.8, 4) is 0 Å². The van der Waals surface area contributed by atoms with E-state index in [1.807, 2.05) is 4.57 Å². The second-order valence-electron chi connectivity index (χ2n) is 5.30. The van der Waals surface area contributed by atoms with E-state index in [0.29, 0.717) is 18.9 Å². The van der Waals surface area contributed by atoms with Gasteiger partial charge in [0.15, 0.2) is 5.16 Å². The number of amides is 1. The molecule has 0 saturated carbocycles. The van der Waals surface area contributed by atoms with Crippen LogP contribution in [-0.2, 0) is 16.1 Å². The number of nitrogens with zero attached hydrogens (tertiary/aromatic N) is 3. The summed E-state index contributed by atoms with van der Waals surface area (Å²) in [5, 5.41) is 11.6. The Kier molecular flexibility index (Phi) is 7.45. The van der Waals surface area contributed by atoms with Crippen LogP contribution < -0.4 is 5.32 Å². The number of hydrogen-bond donors (Lipinski definition) is 1. The van der Waals surface area contributed by atoms with Crippen molar-refractivity contribution >= 4 is 17.7 Å². The maximum atomic E-state index is 11.9.